The van der Waals surface area contributed by atoms with Crippen molar-refractivity contribution in [1.82, 2.24) is 5.32 Å². The molecule has 24 heavy (non-hydrogen) atoms. The Kier molecular flexibility index (Phi) is 5.03. The molecule has 0 saturated carbocycles. The van der Waals surface area contributed by atoms with Crippen molar-refractivity contribution >= 4 is 5.91 Å². The van der Waals surface area contributed by atoms with Crippen LogP contribution < -0.4 is 5.32 Å². The molecule has 1 aromatic heterocycles. The van der Waals surface area contributed by atoms with Crippen LogP contribution in [0, 0.1) is 13.8 Å². The number of alkyl halides is 3. The Morgan fingerprint density at radius 3 is 2.38 bits per heavy atom. The van der Waals surface area contributed by atoms with Crippen molar-refractivity contribution in [3.05, 3.63) is 59.0 Å². The van der Waals surface area contributed by atoms with Gasteiger partial charge in [0.25, 0.3) is 0 Å². The number of amides is 1. The highest BCUT2D eigenvalue weighted by molar-refractivity contribution is 5.77. The van der Waals surface area contributed by atoms with E-state index in [1.807, 2.05) is 19.1 Å². The summed E-state index contributed by atoms with van der Waals surface area (Å²) in [6.45, 7) is 3.37. The van der Waals surface area contributed by atoms with E-state index in [1.165, 1.54) is 13.0 Å². The van der Waals surface area contributed by atoms with Gasteiger partial charge in [-0.3, -0.25) is 4.79 Å². The molecule has 0 radical (unpaired) electrons. The molecule has 2 N–H and O–H groups in total. The zero-order valence-electron chi connectivity index (χ0n) is 13.3. The monoisotopic (exact) mass is 341 g/mol. The predicted molar refractivity (Wildman–Crippen MR) is 81.0 cm³/mol. The van der Waals surface area contributed by atoms with E-state index in [1.54, 1.807) is 12.1 Å². The van der Waals surface area contributed by atoms with Gasteiger partial charge in [0, 0.05) is 6.54 Å². The third-order valence-corrected chi connectivity index (χ3v) is 3.77. The Hall–Kier alpha value is -2.28. The van der Waals surface area contributed by atoms with Crippen molar-refractivity contribution in [1.29, 1.82) is 0 Å². The fourth-order valence-electron chi connectivity index (χ4n) is 2.28. The lowest BCUT2D eigenvalue weighted by Crippen LogP contribution is -2.46. The first kappa shape index (κ1) is 18.1. The summed E-state index contributed by atoms with van der Waals surface area (Å²) in [7, 11) is 0. The summed E-state index contributed by atoms with van der Waals surface area (Å²) in [5, 5.41) is 12.5. The van der Waals surface area contributed by atoms with Crippen LogP contribution in [-0.2, 0) is 16.9 Å². The van der Waals surface area contributed by atoms with Gasteiger partial charge < -0.3 is 14.8 Å². The lowest BCUT2D eigenvalue weighted by Gasteiger charge is -2.28. The molecule has 1 amide bonds. The topological polar surface area (TPSA) is 62.5 Å². The standard InChI is InChI=1S/C17H18F3NO3/c1-11-5-3-4-6-13(11)10-21-15(22)9-16(23,17(18,19)20)14-8-7-12(2)24-14/h3-8,23H,9-10H2,1-2H3,(H,21,22). The molecule has 2 rings (SSSR count). The summed E-state index contributed by atoms with van der Waals surface area (Å²) in [5.41, 5.74) is -1.67. The van der Waals surface area contributed by atoms with Gasteiger partial charge >= 0.3 is 6.18 Å². The molecule has 1 unspecified atom stereocenters. The number of rotatable bonds is 5. The molecule has 2 aromatic rings. The number of aryl methyl sites for hydroxylation is 2. The van der Waals surface area contributed by atoms with Gasteiger partial charge in [0.15, 0.2) is 0 Å². The number of furan rings is 1. The lowest BCUT2D eigenvalue weighted by molar-refractivity contribution is -0.273. The summed E-state index contributed by atoms with van der Waals surface area (Å²) in [6.07, 6.45) is -6.22. The van der Waals surface area contributed by atoms with Crippen LogP contribution in [0.4, 0.5) is 13.2 Å². The fraction of sp³-hybridized carbons (Fsp3) is 0.353. The van der Waals surface area contributed by atoms with Crippen molar-refractivity contribution in [2.45, 2.75) is 38.6 Å². The number of hydrogen-bond donors (Lipinski definition) is 2. The third kappa shape index (κ3) is 3.79. The van der Waals surface area contributed by atoms with E-state index in [2.05, 4.69) is 5.32 Å². The molecule has 0 aliphatic rings. The van der Waals surface area contributed by atoms with Crippen LogP contribution in [0.3, 0.4) is 0 Å². The maximum absolute atomic E-state index is 13.3. The fourth-order valence-corrected chi connectivity index (χ4v) is 2.28. The quantitative estimate of drug-likeness (QED) is 0.877. The van der Waals surface area contributed by atoms with Crippen LogP contribution in [-0.4, -0.2) is 17.2 Å². The van der Waals surface area contributed by atoms with Gasteiger partial charge in [-0.05, 0) is 37.1 Å². The van der Waals surface area contributed by atoms with E-state index in [0.717, 1.165) is 17.2 Å². The Morgan fingerprint density at radius 2 is 1.83 bits per heavy atom. The molecule has 1 aromatic carbocycles. The van der Waals surface area contributed by atoms with Gasteiger partial charge in [-0.15, -0.1) is 0 Å². The Bertz CT molecular complexity index is 724. The van der Waals surface area contributed by atoms with E-state index in [0.29, 0.717) is 0 Å². The molecule has 0 spiro atoms. The minimum absolute atomic E-state index is 0.0800. The first-order valence-electron chi connectivity index (χ1n) is 7.31. The second kappa shape index (κ2) is 6.68. The van der Waals surface area contributed by atoms with Crippen LogP contribution in [0.1, 0.15) is 29.1 Å². The van der Waals surface area contributed by atoms with Crippen molar-refractivity contribution < 1.29 is 27.5 Å². The number of benzene rings is 1. The summed E-state index contributed by atoms with van der Waals surface area (Å²) in [5.74, 6) is -1.40. The second-order valence-electron chi connectivity index (χ2n) is 5.65. The molecule has 1 atom stereocenters. The molecule has 0 bridgehead atoms. The molecule has 4 nitrogen and oxygen atoms in total. The molecule has 0 fully saturated rings. The number of carbonyl (C=O) groups is 1. The van der Waals surface area contributed by atoms with Gasteiger partial charge in [0.05, 0.1) is 6.42 Å². The highest BCUT2D eigenvalue weighted by Gasteiger charge is 2.58. The molecule has 1 heterocycles. The zero-order valence-corrected chi connectivity index (χ0v) is 13.3. The number of nitrogens with one attached hydrogen (secondary N) is 1. The maximum Gasteiger partial charge on any atom is 0.425 e. The molecular formula is C17H18F3NO3. The van der Waals surface area contributed by atoms with Gasteiger partial charge in [-0.1, -0.05) is 24.3 Å². The highest BCUT2D eigenvalue weighted by atomic mass is 19.4. The summed E-state index contributed by atoms with van der Waals surface area (Å²) >= 11 is 0. The summed E-state index contributed by atoms with van der Waals surface area (Å²) in [4.78, 5) is 12.0. The van der Waals surface area contributed by atoms with Crippen molar-refractivity contribution in [3.8, 4) is 0 Å². The predicted octanol–water partition coefficient (Wildman–Crippen LogP) is 3.35. The number of carbonyl (C=O) groups excluding carboxylic acids is 1. The SMILES string of the molecule is Cc1ccc(C(O)(CC(=O)NCc2ccccc2C)C(F)(F)F)o1. The normalized spacial score (nSPS) is 14.2. The molecule has 130 valence electrons. The summed E-state index contributed by atoms with van der Waals surface area (Å²) in [6, 6.07) is 9.52. The Labute approximate surface area is 137 Å². The van der Waals surface area contributed by atoms with E-state index in [9.17, 15) is 23.1 Å². The molecule has 0 aliphatic carbocycles. The first-order valence-corrected chi connectivity index (χ1v) is 7.31. The minimum Gasteiger partial charge on any atom is -0.463 e. The third-order valence-electron chi connectivity index (χ3n) is 3.77. The summed E-state index contributed by atoms with van der Waals surface area (Å²) < 4.78 is 44.8. The zero-order chi connectivity index (χ0) is 18.0. The van der Waals surface area contributed by atoms with Gasteiger partial charge in [-0.25, -0.2) is 0 Å². The van der Waals surface area contributed by atoms with Crippen LogP contribution >= 0.6 is 0 Å². The van der Waals surface area contributed by atoms with Gasteiger partial charge in [0.1, 0.15) is 11.5 Å². The smallest absolute Gasteiger partial charge is 0.425 e. The number of aliphatic hydroxyl groups is 1. The van der Waals surface area contributed by atoms with Crippen LogP contribution in [0.2, 0.25) is 0 Å². The van der Waals surface area contributed by atoms with Crippen LogP contribution in [0.15, 0.2) is 40.8 Å². The second-order valence-corrected chi connectivity index (χ2v) is 5.65. The number of hydrogen-bond acceptors (Lipinski definition) is 3. The maximum atomic E-state index is 13.3. The molecule has 7 heteroatoms. The minimum atomic E-state index is -5.04. The highest BCUT2D eigenvalue weighted by Crippen LogP contribution is 2.42. The average Bonchev–Trinajstić information content (AvgIpc) is 2.92. The average molecular weight is 341 g/mol. The van der Waals surface area contributed by atoms with Crippen LogP contribution in [0.5, 0.6) is 0 Å². The largest absolute Gasteiger partial charge is 0.463 e. The lowest BCUT2D eigenvalue weighted by atomic mass is 9.95. The Morgan fingerprint density at radius 1 is 1.17 bits per heavy atom. The van der Waals surface area contributed by atoms with Gasteiger partial charge in [0.2, 0.25) is 11.5 Å². The van der Waals surface area contributed by atoms with E-state index >= 15 is 0 Å². The van der Waals surface area contributed by atoms with E-state index in [-0.39, 0.29) is 12.3 Å². The van der Waals surface area contributed by atoms with Crippen molar-refractivity contribution in [2.24, 2.45) is 0 Å². The van der Waals surface area contributed by atoms with E-state index < -0.39 is 29.9 Å². The van der Waals surface area contributed by atoms with E-state index in [4.69, 9.17) is 4.42 Å². The molecule has 0 saturated heterocycles. The first-order chi connectivity index (χ1) is 11.1. The molecule has 0 aliphatic heterocycles. The van der Waals surface area contributed by atoms with Gasteiger partial charge in [-0.2, -0.15) is 13.2 Å². The van der Waals surface area contributed by atoms with Crippen LogP contribution in [0.25, 0.3) is 0 Å². The van der Waals surface area contributed by atoms with Crippen molar-refractivity contribution in [3.63, 3.8) is 0 Å². The molecular weight excluding hydrogens is 323 g/mol. The Balaban J connectivity index is 2.13. The van der Waals surface area contributed by atoms with Crippen molar-refractivity contribution in [2.75, 3.05) is 0 Å². The number of halogens is 3.